The Kier molecular flexibility index (Phi) is 10.9. The molecule has 46 heavy (non-hydrogen) atoms. The molecular weight excluding hydrogens is 630 g/mol. The third-order valence-electron chi connectivity index (χ3n) is 8.04. The van der Waals surface area contributed by atoms with Crippen molar-refractivity contribution in [3.63, 3.8) is 0 Å². The molecule has 1 N–H and O–H groups in total. The van der Waals surface area contributed by atoms with E-state index in [1.54, 1.807) is 0 Å². The number of aliphatic carboxylic acids is 1. The van der Waals surface area contributed by atoms with Crippen molar-refractivity contribution in [1.29, 1.82) is 0 Å². The van der Waals surface area contributed by atoms with Gasteiger partial charge in [0.2, 0.25) is 0 Å². The number of carboxylic acids is 1. The molecule has 0 aliphatic heterocycles. The van der Waals surface area contributed by atoms with Crippen LogP contribution < -0.4 is 9.47 Å². The molecule has 6 aromatic rings. The summed E-state index contributed by atoms with van der Waals surface area (Å²) in [7, 11) is 0. The van der Waals surface area contributed by atoms with Crippen LogP contribution in [-0.4, -0.2) is 50.6 Å². The van der Waals surface area contributed by atoms with Crippen LogP contribution >= 0.6 is 23.2 Å². The summed E-state index contributed by atoms with van der Waals surface area (Å²) >= 11 is 13.5. The minimum absolute atomic E-state index is 0. The first kappa shape index (κ1) is 33.7. The van der Waals surface area contributed by atoms with Gasteiger partial charge in [-0.05, 0) is 66.1 Å². The molecule has 9 heteroatoms. The molecule has 0 aliphatic rings. The Bertz CT molecular complexity index is 1890. The van der Waals surface area contributed by atoms with Gasteiger partial charge >= 0.3 is 35.5 Å². The fraction of sp³-hybridized carbons (Fsp3) is 0.162. The number of pyridine rings is 2. The SMILES string of the molecule is CC(CCC(=O)O)(c1ccc(OCc2ccc3ccccc3n2)c(Cl)c1)c1ccc(OCc2ccc3ccccc3n2)c(Cl)c1.[NaH]. The number of aromatic nitrogens is 2. The summed E-state index contributed by atoms with van der Waals surface area (Å²) in [5, 5.41) is 12.5. The van der Waals surface area contributed by atoms with Crippen LogP contribution in [-0.2, 0) is 23.4 Å². The maximum absolute atomic E-state index is 11.7. The van der Waals surface area contributed by atoms with Crippen molar-refractivity contribution in [2.75, 3.05) is 0 Å². The Hall–Kier alpha value is -3.65. The third kappa shape index (κ3) is 7.65. The van der Waals surface area contributed by atoms with Crippen molar-refractivity contribution in [2.45, 2.75) is 38.4 Å². The van der Waals surface area contributed by atoms with Crippen LogP contribution in [0, 0.1) is 0 Å². The van der Waals surface area contributed by atoms with E-state index in [1.165, 1.54) is 0 Å². The molecule has 6 nitrogen and oxygen atoms in total. The van der Waals surface area contributed by atoms with E-state index < -0.39 is 11.4 Å². The summed E-state index contributed by atoms with van der Waals surface area (Å²) in [5.74, 6) is 0.143. The van der Waals surface area contributed by atoms with Gasteiger partial charge in [-0.2, -0.15) is 0 Å². The zero-order chi connectivity index (χ0) is 31.4. The van der Waals surface area contributed by atoms with Crippen molar-refractivity contribution in [1.82, 2.24) is 9.97 Å². The second kappa shape index (κ2) is 14.8. The van der Waals surface area contributed by atoms with E-state index in [0.717, 1.165) is 44.3 Å². The molecule has 0 spiro atoms. The molecule has 0 fully saturated rings. The normalized spacial score (nSPS) is 11.3. The van der Waals surface area contributed by atoms with Gasteiger partial charge in [0.15, 0.2) is 0 Å². The van der Waals surface area contributed by atoms with Gasteiger partial charge in [-0.25, -0.2) is 9.97 Å². The number of halogens is 2. The number of ether oxygens (including phenoxy) is 2. The van der Waals surface area contributed by atoms with Crippen molar-refractivity contribution >= 4 is 80.5 Å². The van der Waals surface area contributed by atoms with Gasteiger partial charge in [0.25, 0.3) is 0 Å². The summed E-state index contributed by atoms with van der Waals surface area (Å²) in [4.78, 5) is 21.0. The molecule has 0 atom stereocenters. The molecule has 0 saturated carbocycles. The first-order valence-electron chi connectivity index (χ1n) is 14.6. The molecular formula is C37H31Cl2N2NaO4. The van der Waals surface area contributed by atoms with Gasteiger partial charge in [-0.1, -0.05) is 90.8 Å². The molecule has 4 aromatic carbocycles. The second-order valence-corrected chi connectivity index (χ2v) is 11.9. The average Bonchev–Trinajstić information content (AvgIpc) is 3.05. The number of rotatable bonds is 11. The van der Waals surface area contributed by atoms with Crippen LogP contribution in [0.25, 0.3) is 21.8 Å². The van der Waals surface area contributed by atoms with Gasteiger partial charge in [0.05, 0.1) is 32.5 Å². The Balaban J connectivity index is 0.00000417. The van der Waals surface area contributed by atoms with E-state index in [-0.39, 0.29) is 49.2 Å². The topological polar surface area (TPSA) is 81.5 Å². The Morgan fingerprint density at radius 3 is 1.59 bits per heavy atom. The van der Waals surface area contributed by atoms with Crippen molar-refractivity contribution in [3.05, 3.63) is 142 Å². The standard InChI is InChI=1S/C37H30Cl2N2O4.Na.H/c1-37(19-18-36(42)43,26-12-16-34(30(38)20-26)44-22-28-14-10-24-6-2-4-8-32(24)40-28)27-13-17-35(31(39)21-27)45-23-29-15-11-25-7-3-5-9-33(25)41-29;;/h2-17,20-21H,18-19,22-23H2,1H3,(H,42,43);;. The maximum atomic E-state index is 11.7. The van der Waals surface area contributed by atoms with E-state index in [1.807, 2.05) is 116 Å². The fourth-order valence-corrected chi connectivity index (χ4v) is 5.89. The number of carbonyl (C=O) groups is 1. The van der Waals surface area contributed by atoms with Gasteiger partial charge in [0.1, 0.15) is 24.7 Å². The van der Waals surface area contributed by atoms with Crippen LogP contribution in [0.15, 0.2) is 109 Å². The van der Waals surface area contributed by atoms with Crippen molar-refractivity contribution in [3.8, 4) is 11.5 Å². The molecule has 0 bridgehead atoms. The molecule has 0 saturated heterocycles. The number of nitrogens with zero attached hydrogens (tertiary/aromatic N) is 2. The molecule has 6 rings (SSSR count). The summed E-state index contributed by atoms with van der Waals surface area (Å²) in [6.45, 7) is 2.50. The molecule has 2 heterocycles. The number of benzene rings is 4. The van der Waals surface area contributed by atoms with Crippen LogP contribution in [0.5, 0.6) is 11.5 Å². The van der Waals surface area contributed by atoms with Gasteiger partial charge in [-0.3, -0.25) is 4.79 Å². The monoisotopic (exact) mass is 660 g/mol. The second-order valence-electron chi connectivity index (χ2n) is 11.1. The summed E-state index contributed by atoms with van der Waals surface area (Å²) in [5.41, 5.74) is 4.35. The van der Waals surface area contributed by atoms with E-state index in [0.29, 0.717) is 28.0 Å². The van der Waals surface area contributed by atoms with E-state index in [2.05, 4.69) is 9.97 Å². The number of hydrogen-bond donors (Lipinski definition) is 1. The third-order valence-corrected chi connectivity index (χ3v) is 8.63. The molecule has 0 amide bonds. The van der Waals surface area contributed by atoms with E-state index >= 15 is 0 Å². The molecule has 2 aromatic heterocycles. The Labute approximate surface area is 299 Å². The number of carboxylic acid groups (broad SMARTS) is 1. The van der Waals surface area contributed by atoms with E-state index in [9.17, 15) is 9.90 Å². The van der Waals surface area contributed by atoms with Crippen LogP contribution in [0.4, 0.5) is 0 Å². The summed E-state index contributed by atoms with van der Waals surface area (Å²) in [6.07, 6.45) is 0.293. The Morgan fingerprint density at radius 2 is 1.15 bits per heavy atom. The molecule has 0 radical (unpaired) electrons. The Morgan fingerprint density at radius 1 is 0.696 bits per heavy atom. The first-order valence-corrected chi connectivity index (χ1v) is 15.3. The van der Waals surface area contributed by atoms with Crippen LogP contribution in [0.1, 0.15) is 42.3 Å². The van der Waals surface area contributed by atoms with Gasteiger partial charge in [-0.15, -0.1) is 0 Å². The van der Waals surface area contributed by atoms with Gasteiger partial charge in [0, 0.05) is 22.6 Å². The van der Waals surface area contributed by atoms with Crippen molar-refractivity contribution in [2.24, 2.45) is 0 Å². The summed E-state index contributed by atoms with van der Waals surface area (Å²) < 4.78 is 12.1. The van der Waals surface area contributed by atoms with Gasteiger partial charge < -0.3 is 14.6 Å². The predicted octanol–water partition coefficient (Wildman–Crippen LogP) is 8.77. The zero-order valence-corrected chi connectivity index (χ0v) is 26.1. The number of para-hydroxylation sites is 2. The molecule has 228 valence electrons. The molecule has 0 aliphatic carbocycles. The average molecular weight is 662 g/mol. The number of hydrogen-bond acceptors (Lipinski definition) is 5. The quantitative estimate of drug-likeness (QED) is 0.140. The molecule has 0 unspecified atom stereocenters. The van der Waals surface area contributed by atoms with Crippen LogP contribution in [0.3, 0.4) is 0 Å². The van der Waals surface area contributed by atoms with Crippen LogP contribution in [0.2, 0.25) is 10.0 Å². The number of fused-ring (bicyclic) bond motifs is 2. The first-order chi connectivity index (χ1) is 21.8. The zero-order valence-electron chi connectivity index (χ0n) is 24.5. The predicted molar refractivity (Wildman–Crippen MR) is 186 cm³/mol. The minimum atomic E-state index is -0.885. The van der Waals surface area contributed by atoms with Crippen molar-refractivity contribution < 1.29 is 19.4 Å². The summed E-state index contributed by atoms with van der Waals surface area (Å²) in [6, 6.07) is 34.8. The van der Waals surface area contributed by atoms with E-state index in [4.69, 9.17) is 32.7 Å². The fourth-order valence-electron chi connectivity index (χ4n) is 5.42.